The first-order valence-corrected chi connectivity index (χ1v) is 8.54. The molecule has 22 heavy (non-hydrogen) atoms. The Balaban J connectivity index is 1.87. The highest BCUT2D eigenvalue weighted by atomic mass is 79.9. The number of amides is 1. The molecular formula is C16H25BrN2O3. The molecule has 2 unspecified atom stereocenters. The molecule has 124 valence electrons. The average Bonchev–Trinajstić information content (AvgIpc) is 3.02. The normalized spacial score (nSPS) is 20.2. The second-order valence-corrected chi connectivity index (χ2v) is 7.52. The SMILES string of the molecule is CC(NCC1CCCN1C(=O)OC(C)(C)C)c1ccc(Br)o1. The van der Waals surface area contributed by atoms with Crippen LogP contribution in [0.15, 0.2) is 21.2 Å². The van der Waals surface area contributed by atoms with Gasteiger partial charge in [-0.2, -0.15) is 0 Å². The second kappa shape index (κ2) is 7.04. The number of rotatable bonds is 4. The number of nitrogens with zero attached hydrogens (tertiary/aromatic N) is 1. The molecule has 1 aliphatic heterocycles. The van der Waals surface area contributed by atoms with Gasteiger partial charge in [-0.25, -0.2) is 4.79 Å². The topological polar surface area (TPSA) is 54.7 Å². The molecule has 1 fully saturated rings. The van der Waals surface area contributed by atoms with E-state index < -0.39 is 5.60 Å². The van der Waals surface area contributed by atoms with E-state index in [1.165, 1.54) is 0 Å². The van der Waals surface area contributed by atoms with Crippen LogP contribution < -0.4 is 5.32 Å². The van der Waals surface area contributed by atoms with E-state index in [1.54, 1.807) is 0 Å². The maximum absolute atomic E-state index is 12.2. The zero-order chi connectivity index (χ0) is 16.3. The molecule has 0 radical (unpaired) electrons. The quantitative estimate of drug-likeness (QED) is 0.864. The van der Waals surface area contributed by atoms with Crippen LogP contribution in [0.5, 0.6) is 0 Å². The lowest BCUT2D eigenvalue weighted by molar-refractivity contribution is 0.0224. The molecule has 1 N–H and O–H groups in total. The van der Waals surface area contributed by atoms with Gasteiger partial charge in [0.1, 0.15) is 11.4 Å². The number of halogens is 1. The highest BCUT2D eigenvalue weighted by Gasteiger charge is 2.32. The molecule has 0 bridgehead atoms. The van der Waals surface area contributed by atoms with Crippen LogP contribution in [-0.4, -0.2) is 35.7 Å². The van der Waals surface area contributed by atoms with Crippen molar-refractivity contribution in [2.75, 3.05) is 13.1 Å². The van der Waals surface area contributed by atoms with Gasteiger partial charge < -0.3 is 19.4 Å². The summed E-state index contributed by atoms with van der Waals surface area (Å²) >= 11 is 3.31. The minimum atomic E-state index is -0.453. The molecule has 1 aliphatic rings. The summed E-state index contributed by atoms with van der Waals surface area (Å²) in [5, 5.41) is 3.44. The van der Waals surface area contributed by atoms with Crippen molar-refractivity contribution >= 4 is 22.0 Å². The second-order valence-electron chi connectivity index (χ2n) is 6.74. The molecule has 6 heteroatoms. The van der Waals surface area contributed by atoms with E-state index in [9.17, 15) is 4.79 Å². The Morgan fingerprint density at radius 1 is 1.55 bits per heavy atom. The van der Waals surface area contributed by atoms with Gasteiger partial charge >= 0.3 is 6.09 Å². The summed E-state index contributed by atoms with van der Waals surface area (Å²) in [7, 11) is 0. The van der Waals surface area contributed by atoms with Gasteiger partial charge in [0.2, 0.25) is 0 Å². The largest absolute Gasteiger partial charge is 0.453 e. The average molecular weight is 373 g/mol. The smallest absolute Gasteiger partial charge is 0.410 e. The molecule has 1 aromatic rings. The summed E-state index contributed by atoms with van der Waals surface area (Å²) in [6, 6.07) is 4.11. The summed E-state index contributed by atoms with van der Waals surface area (Å²) < 4.78 is 11.8. The lowest BCUT2D eigenvalue weighted by Gasteiger charge is -2.29. The number of hydrogen-bond acceptors (Lipinski definition) is 4. The third-order valence-corrected chi connectivity index (χ3v) is 4.11. The van der Waals surface area contributed by atoms with Crippen LogP contribution in [0.25, 0.3) is 0 Å². The van der Waals surface area contributed by atoms with E-state index in [1.807, 2.05) is 37.8 Å². The molecule has 1 saturated heterocycles. The summed E-state index contributed by atoms with van der Waals surface area (Å²) in [6.07, 6.45) is 1.80. The molecule has 0 aliphatic carbocycles. The molecule has 0 aromatic carbocycles. The van der Waals surface area contributed by atoms with Crippen LogP contribution in [0.1, 0.15) is 52.3 Å². The number of nitrogens with one attached hydrogen (secondary N) is 1. The van der Waals surface area contributed by atoms with Gasteiger partial charge in [-0.3, -0.25) is 0 Å². The molecule has 5 nitrogen and oxygen atoms in total. The van der Waals surface area contributed by atoms with Crippen molar-refractivity contribution in [1.82, 2.24) is 10.2 Å². The fourth-order valence-corrected chi connectivity index (χ4v) is 2.90. The van der Waals surface area contributed by atoms with E-state index in [2.05, 4.69) is 28.2 Å². The minimum Gasteiger partial charge on any atom is -0.453 e. The Morgan fingerprint density at radius 3 is 2.86 bits per heavy atom. The zero-order valence-corrected chi connectivity index (χ0v) is 15.3. The van der Waals surface area contributed by atoms with Crippen LogP contribution in [0.2, 0.25) is 0 Å². The first-order chi connectivity index (χ1) is 10.3. The van der Waals surface area contributed by atoms with Crippen molar-refractivity contribution in [2.45, 2.75) is 58.2 Å². The van der Waals surface area contributed by atoms with Crippen LogP contribution in [0.4, 0.5) is 4.79 Å². The van der Waals surface area contributed by atoms with Gasteiger partial charge in [0, 0.05) is 19.1 Å². The highest BCUT2D eigenvalue weighted by molar-refractivity contribution is 9.10. The van der Waals surface area contributed by atoms with E-state index in [0.29, 0.717) is 0 Å². The van der Waals surface area contributed by atoms with Gasteiger partial charge in [0.05, 0.1) is 6.04 Å². The Kier molecular flexibility index (Phi) is 5.55. The van der Waals surface area contributed by atoms with Gasteiger partial charge in [-0.1, -0.05) is 0 Å². The third-order valence-electron chi connectivity index (χ3n) is 3.69. The summed E-state index contributed by atoms with van der Waals surface area (Å²) in [5.74, 6) is 0.883. The van der Waals surface area contributed by atoms with E-state index in [0.717, 1.165) is 36.4 Å². The molecule has 1 aromatic heterocycles. The predicted octanol–water partition coefficient (Wildman–Crippen LogP) is 4.09. The number of carbonyl (C=O) groups excluding carboxylic acids is 1. The number of hydrogen-bond donors (Lipinski definition) is 1. The lowest BCUT2D eigenvalue weighted by Crippen LogP contribution is -2.44. The molecule has 0 spiro atoms. The van der Waals surface area contributed by atoms with E-state index in [4.69, 9.17) is 9.15 Å². The Hall–Kier alpha value is -1.01. The molecule has 0 saturated carbocycles. The highest BCUT2D eigenvalue weighted by Crippen LogP contribution is 2.23. The molecular weight excluding hydrogens is 348 g/mol. The number of likely N-dealkylation sites (tertiary alicyclic amines) is 1. The summed E-state index contributed by atoms with van der Waals surface area (Å²) in [6.45, 7) is 9.24. The van der Waals surface area contributed by atoms with Crippen LogP contribution in [-0.2, 0) is 4.74 Å². The van der Waals surface area contributed by atoms with Crippen LogP contribution in [0.3, 0.4) is 0 Å². The first kappa shape index (κ1) is 17.3. The van der Waals surface area contributed by atoms with Crippen molar-refractivity contribution in [2.24, 2.45) is 0 Å². The van der Waals surface area contributed by atoms with Crippen LogP contribution in [0, 0.1) is 0 Å². The molecule has 2 heterocycles. The van der Waals surface area contributed by atoms with E-state index in [-0.39, 0.29) is 18.2 Å². The number of carbonyl (C=O) groups is 1. The molecule has 1 amide bonds. The van der Waals surface area contributed by atoms with Crippen molar-refractivity contribution in [1.29, 1.82) is 0 Å². The van der Waals surface area contributed by atoms with E-state index >= 15 is 0 Å². The minimum absolute atomic E-state index is 0.104. The molecule has 2 rings (SSSR count). The predicted molar refractivity (Wildman–Crippen MR) is 88.8 cm³/mol. The van der Waals surface area contributed by atoms with Gasteiger partial charge in [-0.15, -0.1) is 0 Å². The van der Waals surface area contributed by atoms with Gasteiger partial charge in [0.15, 0.2) is 4.67 Å². The maximum atomic E-state index is 12.2. The number of furan rings is 1. The molecule has 2 atom stereocenters. The Labute approximate surface area is 140 Å². The Bertz CT molecular complexity index is 510. The first-order valence-electron chi connectivity index (χ1n) is 7.74. The summed E-state index contributed by atoms with van der Waals surface area (Å²) in [5.41, 5.74) is -0.453. The fourth-order valence-electron chi connectivity index (χ4n) is 2.58. The lowest BCUT2D eigenvalue weighted by atomic mass is 10.2. The standard InChI is InChI=1S/C16H25BrN2O3/c1-11(13-7-8-14(17)21-13)18-10-12-6-5-9-19(12)15(20)22-16(2,3)4/h7-8,11-12,18H,5-6,9-10H2,1-4H3. The summed E-state index contributed by atoms with van der Waals surface area (Å²) in [4.78, 5) is 14.1. The van der Waals surface area contributed by atoms with Crippen molar-refractivity contribution in [3.63, 3.8) is 0 Å². The number of ether oxygens (including phenoxy) is 1. The fraction of sp³-hybridized carbons (Fsp3) is 0.688. The van der Waals surface area contributed by atoms with Crippen LogP contribution >= 0.6 is 15.9 Å². The third kappa shape index (κ3) is 4.74. The monoisotopic (exact) mass is 372 g/mol. The van der Waals surface area contributed by atoms with Gasteiger partial charge in [0.25, 0.3) is 0 Å². The Morgan fingerprint density at radius 2 is 2.27 bits per heavy atom. The van der Waals surface area contributed by atoms with Crippen molar-refractivity contribution in [3.05, 3.63) is 22.6 Å². The van der Waals surface area contributed by atoms with Crippen molar-refractivity contribution in [3.8, 4) is 0 Å². The van der Waals surface area contributed by atoms with Gasteiger partial charge in [-0.05, 0) is 68.6 Å². The van der Waals surface area contributed by atoms with Crippen molar-refractivity contribution < 1.29 is 13.9 Å². The zero-order valence-electron chi connectivity index (χ0n) is 13.7. The maximum Gasteiger partial charge on any atom is 0.410 e.